The van der Waals surface area contributed by atoms with E-state index < -0.39 is 0 Å². The summed E-state index contributed by atoms with van der Waals surface area (Å²) >= 11 is 0. The number of rotatable bonds is 3. The Balaban J connectivity index is 1.88. The van der Waals surface area contributed by atoms with Crippen molar-refractivity contribution in [3.8, 4) is 0 Å². The molecule has 1 aromatic rings. The fraction of sp³-hybridized carbons (Fsp3) is 0.533. The summed E-state index contributed by atoms with van der Waals surface area (Å²) in [7, 11) is 0. The van der Waals surface area contributed by atoms with Crippen LogP contribution in [0.15, 0.2) is 30.3 Å². The Morgan fingerprint density at radius 1 is 1.26 bits per heavy atom. The van der Waals surface area contributed by atoms with Crippen molar-refractivity contribution in [3.05, 3.63) is 35.9 Å². The first-order chi connectivity index (χ1) is 9.09. The third-order valence-electron chi connectivity index (χ3n) is 3.64. The number of piperazine rings is 1. The molecule has 0 radical (unpaired) electrons. The maximum absolute atomic E-state index is 12.1. The van der Waals surface area contributed by atoms with E-state index in [4.69, 9.17) is 0 Å². The molecule has 0 atom stereocenters. The standard InChI is InChI=1S/C15H23N3O/c1-15(2,13-6-4-3-5-7-13)12-17-14(19)18-10-8-16-9-11-18/h3-7,16H,8-12H2,1-2H3,(H,17,19). The number of urea groups is 1. The number of hydrogen-bond acceptors (Lipinski definition) is 2. The van der Waals surface area contributed by atoms with Crippen LogP contribution < -0.4 is 10.6 Å². The number of carbonyl (C=O) groups is 1. The zero-order valence-corrected chi connectivity index (χ0v) is 11.8. The van der Waals surface area contributed by atoms with Crippen LogP contribution in [0.4, 0.5) is 4.79 Å². The highest BCUT2D eigenvalue weighted by molar-refractivity contribution is 5.74. The Labute approximate surface area is 115 Å². The molecule has 1 aliphatic heterocycles. The van der Waals surface area contributed by atoms with Crippen LogP contribution in [0.3, 0.4) is 0 Å². The Kier molecular flexibility index (Phi) is 4.43. The molecule has 0 saturated carbocycles. The fourth-order valence-corrected chi connectivity index (χ4v) is 2.27. The molecular formula is C15H23N3O. The molecule has 19 heavy (non-hydrogen) atoms. The summed E-state index contributed by atoms with van der Waals surface area (Å²) in [5.41, 5.74) is 1.20. The van der Waals surface area contributed by atoms with Gasteiger partial charge in [0.15, 0.2) is 0 Å². The molecule has 104 valence electrons. The van der Waals surface area contributed by atoms with Crippen molar-refractivity contribution in [1.82, 2.24) is 15.5 Å². The predicted octanol–water partition coefficient (Wildman–Crippen LogP) is 1.58. The Morgan fingerprint density at radius 3 is 2.53 bits per heavy atom. The molecule has 0 unspecified atom stereocenters. The van der Waals surface area contributed by atoms with Crippen molar-refractivity contribution >= 4 is 6.03 Å². The minimum atomic E-state index is -0.0506. The minimum Gasteiger partial charge on any atom is -0.337 e. The summed E-state index contributed by atoms with van der Waals surface area (Å²) in [6, 6.07) is 10.3. The van der Waals surface area contributed by atoms with Gasteiger partial charge in [-0.15, -0.1) is 0 Å². The number of carbonyl (C=O) groups excluding carboxylic acids is 1. The smallest absolute Gasteiger partial charge is 0.317 e. The Morgan fingerprint density at radius 2 is 1.89 bits per heavy atom. The number of amides is 2. The minimum absolute atomic E-state index is 0.0468. The molecular weight excluding hydrogens is 238 g/mol. The summed E-state index contributed by atoms with van der Waals surface area (Å²) in [6.45, 7) is 8.31. The number of benzene rings is 1. The van der Waals surface area contributed by atoms with E-state index in [1.54, 1.807) is 0 Å². The van der Waals surface area contributed by atoms with E-state index in [0.717, 1.165) is 26.2 Å². The van der Waals surface area contributed by atoms with E-state index in [9.17, 15) is 4.79 Å². The van der Waals surface area contributed by atoms with Crippen LogP contribution >= 0.6 is 0 Å². The molecule has 2 N–H and O–H groups in total. The molecule has 2 amide bonds. The van der Waals surface area contributed by atoms with E-state index in [2.05, 4.69) is 36.6 Å². The van der Waals surface area contributed by atoms with Crippen LogP contribution in [-0.4, -0.2) is 43.7 Å². The van der Waals surface area contributed by atoms with Gasteiger partial charge in [0, 0.05) is 38.1 Å². The predicted molar refractivity (Wildman–Crippen MR) is 77.3 cm³/mol. The summed E-state index contributed by atoms with van der Waals surface area (Å²) in [5, 5.41) is 6.30. The van der Waals surface area contributed by atoms with Crippen LogP contribution in [0.1, 0.15) is 19.4 Å². The average molecular weight is 261 g/mol. The van der Waals surface area contributed by atoms with Gasteiger partial charge in [-0.2, -0.15) is 0 Å². The van der Waals surface area contributed by atoms with Crippen LogP contribution in [0.2, 0.25) is 0 Å². The molecule has 1 saturated heterocycles. The zero-order chi connectivity index (χ0) is 13.7. The summed E-state index contributed by atoms with van der Waals surface area (Å²) in [4.78, 5) is 13.9. The molecule has 0 aromatic heterocycles. The van der Waals surface area contributed by atoms with Crippen LogP contribution in [0.25, 0.3) is 0 Å². The number of nitrogens with zero attached hydrogens (tertiary/aromatic N) is 1. The monoisotopic (exact) mass is 261 g/mol. The third kappa shape index (κ3) is 3.70. The van der Waals surface area contributed by atoms with Gasteiger partial charge >= 0.3 is 6.03 Å². The molecule has 0 bridgehead atoms. The molecule has 4 heteroatoms. The molecule has 0 aliphatic carbocycles. The highest BCUT2D eigenvalue weighted by Gasteiger charge is 2.23. The first-order valence-electron chi connectivity index (χ1n) is 6.89. The molecule has 1 aromatic carbocycles. The summed E-state index contributed by atoms with van der Waals surface area (Å²) in [6.07, 6.45) is 0. The second-order valence-corrected chi connectivity index (χ2v) is 5.65. The van der Waals surface area contributed by atoms with Gasteiger partial charge in [-0.1, -0.05) is 44.2 Å². The second kappa shape index (κ2) is 6.06. The molecule has 4 nitrogen and oxygen atoms in total. The largest absolute Gasteiger partial charge is 0.337 e. The normalized spacial score (nSPS) is 16.2. The summed E-state index contributed by atoms with van der Waals surface area (Å²) in [5.74, 6) is 0. The molecule has 0 spiro atoms. The van der Waals surface area contributed by atoms with E-state index in [1.165, 1.54) is 5.56 Å². The van der Waals surface area contributed by atoms with Gasteiger partial charge in [0.1, 0.15) is 0 Å². The van der Waals surface area contributed by atoms with Gasteiger partial charge < -0.3 is 15.5 Å². The highest BCUT2D eigenvalue weighted by Crippen LogP contribution is 2.21. The van der Waals surface area contributed by atoms with Gasteiger partial charge in [0.05, 0.1) is 0 Å². The maximum atomic E-state index is 12.1. The number of hydrogen-bond donors (Lipinski definition) is 2. The fourth-order valence-electron chi connectivity index (χ4n) is 2.27. The van der Waals surface area contributed by atoms with Crippen LogP contribution in [0, 0.1) is 0 Å². The first-order valence-corrected chi connectivity index (χ1v) is 6.89. The first kappa shape index (κ1) is 13.9. The second-order valence-electron chi connectivity index (χ2n) is 5.65. The Bertz CT molecular complexity index is 411. The van der Waals surface area contributed by atoms with Crippen molar-refractivity contribution in [3.63, 3.8) is 0 Å². The lowest BCUT2D eigenvalue weighted by Gasteiger charge is -2.30. The van der Waals surface area contributed by atoms with Crippen molar-refractivity contribution < 1.29 is 4.79 Å². The summed E-state index contributed by atoms with van der Waals surface area (Å²) < 4.78 is 0. The van der Waals surface area contributed by atoms with Gasteiger partial charge in [-0.05, 0) is 5.56 Å². The molecule has 1 fully saturated rings. The average Bonchev–Trinajstić information content (AvgIpc) is 2.47. The van der Waals surface area contributed by atoms with Crippen LogP contribution in [0.5, 0.6) is 0 Å². The van der Waals surface area contributed by atoms with E-state index >= 15 is 0 Å². The Hall–Kier alpha value is -1.55. The van der Waals surface area contributed by atoms with Crippen molar-refractivity contribution in [2.75, 3.05) is 32.7 Å². The van der Waals surface area contributed by atoms with Gasteiger partial charge in [0.2, 0.25) is 0 Å². The lowest BCUT2D eigenvalue weighted by atomic mass is 9.85. The van der Waals surface area contributed by atoms with E-state index in [0.29, 0.717) is 6.54 Å². The molecule has 2 rings (SSSR count). The van der Waals surface area contributed by atoms with Crippen molar-refractivity contribution in [1.29, 1.82) is 0 Å². The van der Waals surface area contributed by atoms with Gasteiger partial charge in [0.25, 0.3) is 0 Å². The van der Waals surface area contributed by atoms with Crippen molar-refractivity contribution in [2.45, 2.75) is 19.3 Å². The van der Waals surface area contributed by atoms with Gasteiger partial charge in [-0.3, -0.25) is 0 Å². The third-order valence-corrected chi connectivity index (χ3v) is 3.64. The zero-order valence-electron chi connectivity index (χ0n) is 11.8. The van der Waals surface area contributed by atoms with Gasteiger partial charge in [-0.25, -0.2) is 4.79 Å². The number of nitrogens with one attached hydrogen (secondary N) is 2. The highest BCUT2D eigenvalue weighted by atomic mass is 16.2. The topological polar surface area (TPSA) is 44.4 Å². The molecule has 1 aliphatic rings. The van der Waals surface area contributed by atoms with E-state index in [-0.39, 0.29) is 11.4 Å². The molecule has 1 heterocycles. The van der Waals surface area contributed by atoms with Crippen LogP contribution in [-0.2, 0) is 5.41 Å². The SMILES string of the molecule is CC(C)(CNC(=O)N1CCNCC1)c1ccccc1. The lowest BCUT2D eigenvalue weighted by Crippen LogP contribution is -2.51. The van der Waals surface area contributed by atoms with E-state index in [1.807, 2.05) is 23.1 Å². The maximum Gasteiger partial charge on any atom is 0.317 e. The van der Waals surface area contributed by atoms with Crippen molar-refractivity contribution in [2.24, 2.45) is 0 Å². The quantitative estimate of drug-likeness (QED) is 0.867. The lowest BCUT2D eigenvalue weighted by molar-refractivity contribution is 0.188.